The molecule has 1 aromatic heterocycles. The lowest BCUT2D eigenvalue weighted by molar-refractivity contribution is 0.796. The van der Waals surface area contributed by atoms with Gasteiger partial charge in [-0.25, -0.2) is 4.98 Å². The fourth-order valence-electron chi connectivity index (χ4n) is 2.63. The van der Waals surface area contributed by atoms with Crippen LogP contribution in [0, 0.1) is 6.92 Å². The van der Waals surface area contributed by atoms with Gasteiger partial charge < -0.3 is 10.3 Å². The molecule has 0 atom stereocenters. The lowest BCUT2D eigenvalue weighted by Gasteiger charge is -2.07. The maximum Gasteiger partial charge on any atom is 0.141 e. The van der Waals surface area contributed by atoms with Crippen LogP contribution in [0.1, 0.15) is 18.1 Å². The van der Waals surface area contributed by atoms with E-state index in [4.69, 9.17) is 10.7 Å². The summed E-state index contributed by atoms with van der Waals surface area (Å²) in [5.41, 5.74) is 11.4. The largest absolute Gasteiger partial charge is 0.326 e. The number of imidazole rings is 1. The van der Waals surface area contributed by atoms with Crippen molar-refractivity contribution in [2.75, 3.05) is 0 Å². The summed E-state index contributed by atoms with van der Waals surface area (Å²) in [6.45, 7) is 5.68. The summed E-state index contributed by atoms with van der Waals surface area (Å²) in [7, 11) is 0. The first-order valence-corrected chi connectivity index (χ1v) is 7.89. The molecule has 0 unspecified atom stereocenters. The zero-order valence-corrected chi connectivity index (χ0v) is 13.8. The van der Waals surface area contributed by atoms with Crippen LogP contribution in [0.3, 0.4) is 0 Å². The number of aryl methyl sites for hydroxylation is 2. The third-order valence-electron chi connectivity index (χ3n) is 3.78. The van der Waals surface area contributed by atoms with Crippen molar-refractivity contribution in [1.29, 1.82) is 0 Å². The molecule has 0 saturated heterocycles. The molecule has 21 heavy (non-hydrogen) atoms. The van der Waals surface area contributed by atoms with Gasteiger partial charge in [-0.3, -0.25) is 0 Å². The van der Waals surface area contributed by atoms with Crippen LogP contribution in [-0.4, -0.2) is 9.55 Å². The number of nitrogens with zero attached hydrogens (tertiary/aromatic N) is 2. The second-order valence-corrected chi connectivity index (χ2v) is 6.03. The molecule has 2 aromatic carbocycles. The van der Waals surface area contributed by atoms with Crippen LogP contribution in [0.5, 0.6) is 0 Å². The van der Waals surface area contributed by atoms with Gasteiger partial charge in [0.15, 0.2) is 0 Å². The quantitative estimate of drug-likeness (QED) is 0.772. The van der Waals surface area contributed by atoms with Gasteiger partial charge in [0, 0.05) is 23.1 Å². The first kappa shape index (κ1) is 14.3. The molecular weight excluding hydrogens is 326 g/mol. The molecule has 0 radical (unpaired) electrons. The van der Waals surface area contributed by atoms with Gasteiger partial charge in [-0.05, 0) is 49.2 Å². The van der Waals surface area contributed by atoms with Gasteiger partial charge in [-0.2, -0.15) is 0 Å². The van der Waals surface area contributed by atoms with Gasteiger partial charge in [-0.1, -0.05) is 28.1 Å². The first-order chi connectivity index (χ1) is 10.1. The van der Waals surface area contributed by atoms with E-state index in [0.717, 1.165) is 39.0 Å². The number of hydrogen-bond donors (Lipinski definition) is 1. The molecule has 2 N–H and O–H groups in total. The average molecular weight is 344 g/mol. The van der Waals surface area contributed by atoms with Crippen LogP contribution in [-0.2, 0) is 13.1 Å². The van der Waals surface area contributed by atoms with E-state index in [1.807, 2.05) is 0 Å². The number of halogens is 1. The van der Waals surface area contributed by atoms with Gasteiger partial charge in [0.1, 0.15) is 5.82 Å². The fourth-order valence-corrected chi connectivity index (χ4v) is 2.87. The first-order valence-electron chi connectivity index (χ1n) is 7.09. The zero-order chi connectivity index (χ0) is 15.0. The highest BCUT2D eigenvalue weighted by Gasteiger charge is 2.12. The van der Waals surface area contributed by atoms with Crippen molar-refractivity contribution in [3.63, 3.8) is 0 Å². The predicted octanol–water partition coefficient (Wildman–Crippen LogP) is 4.25. The summed E-state index contributed by atoms with van der Waals surface area (Å²) in [6, 6.07) is 12.6. The molecule has 1 heterocycles. The molecule has 0 spiro atoms. The molecule has 3 aromatic rings. The van der Waals surface area contributed by atoms with E-state index in [1.54, 1.807) is 0 Å². The van der Waals surface area contributed by atoms with Crippen LogP contribution in [0.2, 0.25) is 0 Å². The molecule has 0 aliphatic heterocycles. The summed E-state index contributed by atoms with van der Waals surface area (Å²) in [5, 5.41) is 0. The SMILES string of the molecule is CCn1c(-c2ccc(Br)c(C)c2)nc2cc(CN)ccc21. The smallest absolute Gasteiger partial charge is 0.141 e. The molecule has 4 heteroatoms. The van der Waals surface area contributed by atoms with Crippen LogP contribution in [0.15, 0.2) is 40.9 Å². The topological polar surface area (TPSA) is 43.8 Å². The van der Waals surface area contributed by atoms with Gasteiger partial charge in [0.05, 0.1) is 11.0 Å². The molecule has 108 valence electrons. The highest BCUT2D eigenvalue weighted by atomic mass is 79.9. The Morgan fingerprint density at radius 1 is 1.19 bits per heavy atom. The Morgan fingerprint density at radius 2 is 2.00 bits per heavy atom. The Kier molecular flexibility index (Phi) is 3.83. The second kappa shape index (κ2) is 5.62. The Morgan fingerprint density at radius 3 is 2.67 bits per heavy atom. The minimum absolute atomic E-state index is 0.543. The van der Waals surface area contributed by atoms with Crippen molar-refractivity contribution in [2.24, 2.45) is 5.73 Å². The maximum atomic E-state index is 5.73. The summed E-state index contributed by atoms with van der Waals surface area (Å²) in [5.74, 6) is 1.01. The van der Waals surface area contributed by atoms with Gasteiger partial charge in [-0.15, -0.1) is 0 Å². The number of fused-ring (bicyclic) bond motifs is 1. The molecule has 0 saturated carbocycles. The van der Waals surface area contributed by atoms with Crippen LogP contribution in [0.25, 0.3) is 22.4 Å². The van der Waals surface area contributed by atoms with Gasteiger partial charge in [0.2, 0.25) is 0 Å². The number of rotatable bonds is 3. The molecule has 0 bridgehead atoms. The van der Waals surface area contributed by atoms with Crippen molar-refractivity contribution >= 4 is 27.0 Å². The highest BCUT2D eigenvalue weighted by molar-refractivity contribution is 9.10. The molecule has 0 amide bonds. The third kappa shape index (κ3) is 2.49. The summed E-state index contributed by atoms with van der Waals surface area (Å²) >= 11 is 3.55. The molecule has 0 aliphatic rings. The van der Waals surface area contributed by atoms with Gasteiger partial charge >= 0.3 is 0 Å². The zero-order valence-electron chi connectivity index (χ0n) is 12.2. The number of benzene rings is 2. The molecule has 0 aliphatic carbocycles. The van der Waals surface area contributed by atoms with E-state index in [2.05, 4.69) is 70.7 Å². The Hall–Kier alpha value is -1.65. The van der Waals surface area contributed by atoms with E-state index in [1.165, 1.54) is 5.56 Å². The minimum atomic E-state index is 0.543. The standard InChI is InChI=1S/C17H18BrN3/c1-3-21-16-7-4-12(10-19)9-15(16)20-17(21)13-5-6-14(18)11(2)8-13/h4-9H,3,10,19H2,1-2H3. The molecule has 3 nitrogen and oxygen atoms in total. The summed E-state index contributed by atoms with van der Waals surface area (Å²) in [6.07, 6.45) is 0. The second-order valence-electron chi connectivity index (χ2n) is 5.17. The van der Waals surface area contributed by atoms with E-state index >= 15 is 0 Å². The van der Waals surface area contributed by atoms with Crippen LogP contribution < -0.4 is 5.73 Å². The van der Waals surface area contributed by atoms with Crippen LogP contribution in [0.4, 0.5) is 0 Å². The van der Waals surface area contributed by atoms with E-state index in [9.17, 15) is 0 Å². The van der Waals surface area contributed by atoms with Crippen LogP contribution >= 0.6 is 15.9 Å². The van der Waals surface area contributed by atoms with E-state index < -0.39 is 0 Å². The lowest BCUT2D eigenvalue weighted by Crippen LogP contribution is -1.98. The van der Waals surface area contributed by atoms with Crippen molar-refractivity contribution in [3.8, 4) is 11.4 Å². The van der Waals surface area contributed by atoms with Gasteiger partial charge in [0.25, 0.3) is 0 Å². The number of nitrogens with two attached hydrogens (primary N) is 1. The van der Waals surface area contributed by atoms with Crippen molar-refractivity contribution in [3.05, 3.63) is 52.0 Å². The Labute approximate surface area is 132 Å². The Bertz CT molecular complexity index is 805. The normalized spacial score (nSPS) is 11.2. The van der Waals surface area contributed by atoms with Crippen molar-refractivity contribution < 1.29 is 0 Å². The van der Waals surface area contributed by atoms with E-state index in [0.29, 0.717) is 6.54 Å². The fraction of sp³-hybridized carbons (Fsp3) is 0.235. The number of hydrogen-bond acceptors (Lipinski definition) is 2. The predicted molar refractivity (Wildman–Crippen MR) is 91.2 cm³/mol. The summed E-state index contributed by atoms with van der Waals surface area (Å²) < 4.78 is 3.37. The molecule has 0 fully saturated rings. The van der Waals surface area contributed by atoms with Crippen molar-refractivity contribution in [2.45, 2.75) is 26.9 Å². The Balaban J connectivity index is 2.23. The van der Waals surface area contributed by atoms with E-state index in [-0.39, 0.29) is 0 Å². The van der Waals surface area contributed by atoms with Crippen molar-refractivity contribution in [1.82, 2.24) is 9.55 Å². The minimum Gasteiger partial charge on any atom is -0.326 e. The maximum absolute atomic E-state index is 5.73. The molecular formula is C17H18BrN3. The average Bonchev–Trinajstić information content (AvgIpc) is 2.87. The highest BCUT2D eigenvalue weighted by Crippen LogP contribution is 2.28. The number of aromatic nitrogens is 2. The lowest BCUT2D eigenvalue weighted by atomic mass is 10.1. The third-order valence-corrected chi connectivity index (χ3v) is 4.67. The molecule has 3 rings (SSSR count). The summed E-state index contributed by atoms with van der Waals surface area (Å²) in [4.78, 5) is 4.83. The monoisotopic (exact) mass is 343 g/mol.